The average Bonchev–Trinajstić information content (AvgIpc) is 3.69. The molecule has 2 N–H and O–H groups in total. The SMILES string of the molecule is COc1cc(OCCC[N+]2(C)CCCC2)ccc1-c1csc(CNC(=O)C2(CC(=O)O)Cc3cc(F)c(F)cc3C2)n1. The normalized spacial score (nSPS) is 16.7. The van der Waals surface area contributed by atoms with Crippen LogP contribution in [0.5, 0.6) is 11.5 Å². The molecule has 0 bridgehead atoms. The first-order valence-corrected chi connectivity index (χ1v) is 15.0. The fraction of sp³-hybridized carbons (Fsp3) is 0.452. The highest BCUT2D eigenvalue weighted by Gasteiger charge is 2.46. The third-order valence-corrected chi connectivity index (χ3v) is 9.28. The van der Waals surface area contributed by atoms with Crippen LogP contribution in [0.15, 0.2) is 35.7 Å². The zero-order valence-corrected chi connectivity index (χ0v) is 24.7. The van der Waals surface area contributed by atoms with Gasteiger partial charge in [0.1, 0.15) is 16.5 Å². The van der Waals surface area contributed by atoms with Gasteiger partial charge in [-0.05, 0) is 48.2 Å². The third kappa shape index (κ3) is 6.57. The number of fused-ring (bicyclic) bond motifs is 1. The number of quaternary nitrogens is 1. The van der Waals surface area contributed by atoms with Gasteiger partial charge in [-0.1, -0.05) is 0 Å². The van der Waals surface area contributed by atoms with Crippen LogP contribution in [0.1, 0.15) is 41.8 Å². The number of aromatic nitrogens is 1. The van der Waals surface area contributed by atoms with Crippen LogP contribution < -0.4 is 14.8 Å². The molecular weight excluding hydrogens is 564 g/mol. The number of thiazole rings is 1. The summed E-state index contributed by atoms with van der Waals surface area (Å²) >= 11 is 1.35. The number of methoxy groups -OCH3 is 1. The number of likely N-dealkylation sites (tertiary alicyclic amines) is 1. The molecule has 0 spiro atoms. The van der Waals surface area contributed by atoms with E-state index in [2.05, 4.69) is 17.3 Å². The highest BCUT2D eigenvalue weighted by Crippen LogP contribution is 2.41. The van der Waals surface area contributed by atoms with E-state index in [9.17, 15) is 23.5 Å². The van der Waals surface area contributed by atoms with Crippen molar-refractivity contribution in [2.45, 2.75) is 45.1 Å². The topological polar surface area (TPSA) is 97.8 Å². The summed E-state index contributed by atoms with van der Waals surface area (Å²) < 4.78 is 40.3. The molecule has 1 fully saturated rings. The summed E-state index contributed by atoms with van der Waals surface area (Å²) in [5, 5.41) is 14.8. The smallest absolute Gasteiger partial charge is 0.304 e. The molecule has 5 rings (SSSR count). The molecule has 8 nitrogen and oxygen atoms in total. The standard InChI is InChI=1S/C31H35F2N3O5S/c1-36(8-3-4-9-36)10-5-11-41-22-6-7-23(27(14-22)40-2)26-19-42-28(35-26)18-34-30(39)31(17-29(37)38)15-20-12-24(32)25(33)13-21(20)16-31/h6-7,12-14,19H,3-5,8-11,15-18H2,1-2H3,(H-,34,37,38,39)/p+1. The summed E-state index contributed by atoms with van der Waals surface area (Å²) in [5.41, 5.74) is 1.03. The van der Waals surface area contributed by atoms with E-state index in [1.807, 2.05) is 23.6 Å². The fourth-order valence-corrected chi connectivity index (χ4v) is 6.93. The van der Waals surface area contributed by atoms with E-state index in [1.165, 1.54) is 37.3 Å². The number of carboxylic acids is 1. The number of rotatable bonds is 12. The molecule has 1 aliphatic carbocycles. The van der Waals surface area contributed by atoms with Crippen molar-refractivity contribution in [2.24, 2.45) is 5.41 Å². The van der Waals surface area contributed by atoms with Crippen LogP contribution >= 0.6 is 11.3 Å². The number of nitrogens with zero attached hydrogens (tertiary/aromatic N) is 2. The molecule has 0 unspecified atom stereocenters. The first-order chi connectivity index (χ1) is 20.1. The Labute approximate surface area is 247 Å². The summed E-state index contributed by atoms with van der Waals surface area (Å²) in [7, 11) is 3.90. The van der Waals surface area contributed by atoms with Crippen LogP contribution in [0.4, 0.5) is 8.78 Å². The van der Waals surface area contributed by atoms with Crippen LogP contribution in [0.25, 0.3) is 11.3 Å². The minimum atomic E-state index is -1.33. The molecule has 1 amide bonds. The van der Waals surface area contributed by atoms with Gasteiger partial charge in [-0.2, -0.15) is 0 Å². The van der Waals surface area contributed by atoms with Crippen molar-refractivity contribution >= 4 is 23.2 Å². The van der Waals surface area contributed by atoms with Gasteiger partial charge >= 0.3 is 5.97 Å². The van der Waals surface area contributed by atoms with Gasteiger partial charge in [0, 0.05) is 36.3 Å². The second kappa shape index (κ2) is 12.3. The molecule has 3 aromatic rings. The van der Waals surface area contributed by atoms with Gasteiger partial charge in [0.15, 0.2) is 11.6 Å². The molecular formula is C31H36F2N3O5S+. The number of hydrogen-bond donors (Lipinski definition) is 2. The Morgan fingerprint density at radius 2 is 1.81 bits per heavy atom. The van der Waals surface area contributed by atoms with E-state index < -0.39 is 35.3 Å². The molecule has 2 aliphatic rings. The van der Waals surface area contributed by atoms with Crippen molar-refractivity contribution in [3.05, 3.63) is 63.5 Å². The van der Waals surface area contributed by atoms with Gasteiger partial charge in [-0.15, -0.1) is 11.3 Å². The number of carbonyl (C=O) groups excluding carboxylic acids is 1. The lowest BCUT2D eigenvalue weighted by atomic mass is 9.80. The summed E-state index contributed by atoms with van der Waals surface area (Å²) in [6.07, 6.45) is 3.16. The van der Waals surface area contributed by atoms with Crippen molar-refractivity contribution in [3.63, 3.8) is 0 Å². The molecule has 1 saturated heterocycles. The molecule has 0 atom stereocenters. The Morgan fingerprint density at radius 3 is 2.45 bits per heavy atom. The summed E-state index contributed by atoms with van der Waals surface area (Å²) in [6, 6.07) is 7.74. The fourth-order valence-electron chi connectivity index (χ4n) is 6.20. The lowest BCUT2D eigenvalue weighted by Crippen LogP contribution is -2.43. The lowest BCUT2D eigenvalue weighted by molar-refractivity contribution is -0.897. The largest absolute Gasteiger partial charge is 0.496 e. The Bertz CT molecular complexity index is 1440. The minimum absolute atomic E-state index is 0.0187. The van der Waals surface area contributed by atoms with Gasteiger partial charge in [-0.25, -0.2) is 13.8 Å². The average molecular weight is 601 g/mol. The van der Waals surface area contributed by atoms with E-state index in [0.29, 0.717) is 34.2 Å². The Balaban J connectivity index is 1.21. The molecule has 0 saturated carbocycles. The maximum absolute atomic E-state index is 13.8. The van der Waals surface area contributed by atoms with Gasteiger partial charge in [0.25, 0.3) is 0 Å². The number of carbonyl (C=O) groups is 2. The number of aliphatic carboxylic acids is 1. The first-order valence-electron chi connectivity index (χ1n) is 14.2. The van der Waals surface area contributed by atoms with E-state index >= 15 is 0 Å². The zero-order chi connectivity index (χ0) is 29.9. The molecule has 0 radical (unpaired) electrons. The molecule has 1 aromatic heterocycles. The molecule has 2 heterocycles. The Morgan fingerprint density at radius 1 is 1.12 bits per heavy atom. The van der Waals surface area contributed by atoms with Crippen LogP contribution in [0, 0.1) is 17.0 Å². The number of benzene rings is 2. The number of hydrogen-bond acceptors (Lipinski definition) is 6. The minimum Gasteiger partial charge on any atom is -0.496 e. The van der Waals surface area contributed by atoms with E-state index in [-0.39, 0.29) is 19.4 Å². The molecule has 2 aromatic carbocycles. The Kier molecular flexibility index (Phi) is 8.79. The van der Waals surface area contributed by atoms with E-state index in [4.69, 9.17) is 9.47 Å². The van der Waals surface area contributed by atoms with Crippen LogP contribution in [0.2, 0.25) is 0 Å². The van der Waals surface area contributed by atoms with E-state index in [0.717, 1.165) is 40.9 Å². The zero-order valence-electron chi connectivity index (χ0n) is 23.9. The number of amides is 1. The second-order valence-corrected chi connectivity index (χ2v) is 12.6. The predicted molar refractivity (Wildman–Crippen MR) is 155 cm³/mol. The van der Waals surface area contributed by atoms with Crippen LogP contribution in [-0.4, -0.2) is 66.8 Å². The van der Waals surface area contributed by atoms with Gasteiger partial charge in [0.2, 0.25) is 5.91 Å². The Hall–Kier alpha value is -3.57. The number of ether oxygens (including phenoxy) is 2. The number of carboxylic acid groups (broad SMARTS) is 1. The number of nitrogens with one attached hydrogen (secondary N) is 1. The van der Waals surface area contributed by atoms with E-state index in [1.54, 1.807) is 7.11 Å². The molecule has 224 valence electrons. The van der Waals surface area contributed by atoms with Crippen molar-refractivity contribution in [1.29, 1.82) is 0 Å². The predicted octanol–water partition coefficient (Wildman–Crippen LogP) is 4.98. The van der Waals surface area contributed by atoms with Crippen molar-refractivity contribution in [2.75, 3.05) is 40.4 Å². The van der Waals surface area contributed by atoms with Crippen molar-refractivity contribution in [3.8, 4) is 22.8 Å². The molecule has 11 heteroatoms. The van der Waals surface area contributed by atoms with Gasteiger partial charge in [-0.3, -0.25) is 9.59 Å². The lowest BCUT2D eigenvalue weighted by Gasteiger charge is -2.29. The number of halogens is 2. The second-order valence-electron chi connectivity index (χ2n) is 11.6. The first kappa shape index (κ1) is 29.9. The van der Waals surface area contributed by atoms with Gasteiger partial charge in [0.05, 0.1) is 64.5 Å². The van der Waals surface area contributed by atoms with Crippen LogP contribution in [-0.2, 0) is 29.0 Å². The maximum Gasteiger partial charge on any atom is 0.304 e. The summed E-state index contributed by atoms with van der Waals surface area (Å²) in [5.74, 6) is -2.33. The monoisotopic (exact) mass is 600 g/mol. The molecule has 1 aliphatic heterocycles. The maximum atomic E-state index is 13.8. The van der Waals surface area contributed by atoms with Gasteiger partial charge < -0.3 is 24.4 Å². The summed E-state index contributed by atoms with van der Waals surface area (Å²) in [6.45, 7) is 4.30. The molecule has 42 heavy (non-hydrogen) atoms. The quantitative estimate of drug-likeness (QED) is 0.225. The van der Waals surface area contributed by atoms with Crippen molar-refractivity contribution < 1.29 is 37.4 Å². The third-order valence-electron chi connectivity index (χ3n) is 8.43. The highest BCUT2D eigenvalue weighted by molar-refractivity contribution is 7.09. The van der Waals surface area contributed by atoms with Crippen molar-refractivity contribution in [1.82, 2.24) is 10.3 Å². The highest BCUT2D eigenvalue weighted by atomic mass is 32.1. The van der Waals surface area contributed by atoms with Crippen LogP contribution in [0.3, 0.4) is 0 Å². The summed E-state index contributed by atoms with van der Waals surface area (Å²) in [4.78, 5) is 29.6.